The zero-order valence-electron chi connectivity index (χ0n) is 26.7. The van der Waals surface area contributed by atoms with Crippen LogP contribution in [0.2, 0.25) is 0 Å². The fourth-order valence-electron chi connectivity index (χ4n) is 7.91. The molecule has 3 heterocycles. The van der Waals surface area contributed by atoms with Crippen molar-refractivity contribution in [2.75, 3.05) is 32.8 Å². The highest BCUT2D eigenvalue weighted by molar-refractivity contribution is 9.09. The molecule has 9 heteroatoms. The number of hydrogen-bond donors (Lipinski definition) is 1. The molecule has 7 nitrogen and oxygen atoms in total. The number of nitrogens with zero attached hydrogens (tertiary/aromatic N) is 3. The second-order valence-corrected chi connectivity index (χ2v) is 16.9. The molecule has 0 radical (unpaired) electrons. The summed E-state index contributed by atoms with van der Waals surface area (Å²) >= 11 is 5.61. The third-order valence-electron chi connectivity index (χ3n) is 9.04. The molecule has 3 aliphatic rings. The van der Waals surface area contributed by atoms with Crippen LogP contribution >= 0.6 is 27.7 Å². The second kappa shape index (κ2) is 14.2. The maximum atomic E-state index is 14.9. The number of aliphatic hydroxyl groups is 1. The summed E-state index contributed by atoms with van der Waals surface area (Å²) in [6, 6.07) is -0.640. The SMILES string of the molecule is C=CCN(CCC)C(=O)[C@H]1[C@@H]2SC3(CC2Br)C(C(=O)N(CC=C)C(C)(C)CC(C)(C)C)N(CCCCCCO)C(=O)[C@H]13. The monoisotopic (exact) mass is 667 g/mol. The van der Waals surface area contributed by atoms with Gasteiger partial charge >= 0.3 is 0 Å². The highest BCUT2D eigenvalue weighted by atomic mass is 79.9. The molecule has 1 N–H and O–H groups in total. The minimum Gasteiger partial charge on any atom is -0.396 e. The van der Waals surface area contributed by atoms with Crippen molar-refractivity contribution in [1.29, 1.82) is 0 Å². The highest BCUT2D eigenvalue weighted by Crippen LogP contribution is 2.68. The predicted molar refractivity (Wildman–Crippen MR) is 177 cm³/mol. The van der Waals surface area contributed by atoms with E-state index in [2.05, 4.69) is 70.6 Å². The summed E-state index contributed by atoms with van der Waals surface area (Å²) in [5.74, 6) is -1.08. The number of halogens is 1. The number of aliphatic hydroxyl groups excluding tert-OH is 1. The van der Waals surface area contributed by atoms with E-state index in [-0.39, 0.29) is 39.8 Å². The lowest BCUT2D eigenvalue weighted by molar-refractivity contribution is -0.147. The summed E-state index contributed by atoms with van der Waals surface area (Å²) in [7, 11) is 0. The third-order valence-corrected chi connectivity index (χ3v) is 12.3. The van der Waals surface area contributed by atoms with Crippen LogP contribution < -0.4 is 0 Å². The number of carbonyl (C=O) groups excluding carboxylic acids is 3. The molecule has 42 heavy (non-hydrogen) atoms. The van der Waals surface area contributed by atoms with E-state index in [9.17, 15) is 19.5 Å². The molecule has 3 fully saturated rings. The summed E-state index contributed by atoms with van der Waals surface area (Å²) in [5.41, 5.74) is -0.463. The molecule has 2 bridgehead atoms. The largest absolute Gasteiger partial charge is 0.396 e. The van der Waals surface area contributed by atoms with E-state index in [0.29, 0.717) is 32.6 Å². The molecule has 0 aromatic carbocycles. The summed E-state index contributed by atoms with van der Waals surface area (Å²) < 4.78 is -0.665. The van der Waals surface area contributed by atoms with Gasteiger partial charge in [-0.1, -0.05) is 68.6 Å². The molecular formula is C33H54BrN3O4S. The molecule has 6 atom stereocenters. The van der Waals surface area contributed by atoms with Crippen LogP contribution in [-0.4, -0.2) is 96.7 Å². The number of carbonyl (C=O) groups is 3. The Bertz CT molecular complexity index is 1010. The Morgan fingerprint density at radius 2 is 1.74 bits per heavy atom. The number of fused-ring (bicyclic) bond motifs is 1. The van der Waals surface area contributed by atoms with Gasteiger partial charge in [-0.15, -0.1) is 24.9 Å². The van der Waals surface area contributed by atoms with Gasteiger partial charge in [-0.2, -0.15) is 0 Å². The summed E-state index contributed by atoms with van der Waals surface area (Å²) in [5, 5.41) is 9.17. The van der Waals surface area contributed by atoms with Gasteiger partial charge in [-0.05, 0) is 51.4 Å². The molecule has 3 unspecified atom stereocenters. The first-order valence-corrected chi connectivity index (χ1v) is 17.6. The number of rotatable bonds is 16. The van der Waals surface area contributed by atoms with Crippen molar-refractivity contribution in [2.24, 2.45) is 17.3 Å². The van der Waals surface area contributed by atoms with Crippen LogP contribution in [0.25, 0.3) is 0 Å². The number of likely N-dealkylation sites (tertiary alicyclic amines) is 1. The average molecular weight is 669 g/mol. The molecule has 0 aliphatic carbocycles. The van der Waals surface area contributed by atoms with Crippen LogP contribution in [0.5, 0.6) is 0 Å². The van der Waals surface area contributed by atoms with Gasteiger partial charge in [-0.3, -0.25) is 14.4 Å². The van der Waals surface area contributed by atoms with Crippen LogP contribution in [0.3, 0.4) is 0 Å². The Hall–Kier alpha value is -1.32. The van der Waals surface area contributed by atoms with Gasteiger partial charge in [0.2, 0.25) is 17.7 Å². The van der Waals surface area contributed by atoms with Gasteiger partial charge in [0.1, 0.15) is 6.04 Å². The minimum atomic E-state index is -0.665. The summed E-state index contributed by atoms with van der Waals surface area (Å²) in [4.78, 5) is 49.2. The van der Waals surface area contributed by atoms with Gasteiger partial charge in [0, 0.05) is 48.4 Å². The van der Waals surface area contributed by atoms with Crippen molar-refractivity contribution in [3.8, 4) is 0 Å². The zero-order chi connectivity index (χ0) is 31.5. The van der Waals surface area contributed by atoms with E-state index < -0.39 is 28.2 Å². The molecular weight excluding hydrogens is 614 g/mol. The number of unbranched alkanes of at least 4 members (excludes halogenated alkanes) is 3. The Balaban J connectivity index is 2.07. The first-order chi connectivity index (χ1) is 19.7. The van der Waals surface area contributed by atoms with Gasteiger partial charge < -0.3 is 19.8 Å². The van der Waals surface area contributed by atoms with E-state index in [1.807, 2.05) is 14.7 Å². The quantitative estimate of drug-likeness (QED) is 0.131. The van der Waals surface area contributed by atoms with Crippen molar-refractivity contribution in [1.82, 2.24) is 14.7 Å². The van der Waals surface area contributed by atoms with Crippen molar-refractivity contribution in [3.05, 3.63) is 25.3 Å². The molecule has 3 rings (SSSR count). The Morgan fingerprint density at radius 1 is 1.10 bits per heavy atom. The zero-order valence-corrected chi connectivity index (χ0v) is 29.1. The number of alkyl halides is 1. The molecule has 0 aromatic heterocycles. The van der Waals surface area contributed by atoms with E-state index in [1.54, 1.807) is 23.9 Å². The molecule has 0 aromatic rings. The van der Waals surface area contributed by atoms with Crippen LogP contribution in [0.4, 0.5) is 0 Å². The molecule has 1 spiro atoms. The van der Waals surface area contributed by atoms with Crippen LogP contribution in [0, 0.1) is 17.3 Å². The van der Waals surface area contributed by atoms with Crippen molar-refractivity contribution in [2.45, 2.75) is 113 Å². The molecule has 3 saturated heterocycles. The minimum absolute atomic E-state index is 0.00513. The van der Waals surface area contributed by atoms with Crippen molar-refractivity contribution >= 4 is 45.4 Å². The maximum Gasteiger partial charge on any atom is 0.247 e. The number of amides is 3. The smallest absolute Gasteiger partial charge is 0.247 e. The third kappa shape index (κ3) is 6.98. The molecule has 3 aliphatic heterocycles. The first-order valence-electron chi connectivity index (χ1n) is 15.8. The van der Waals surface area contributed by atoms with Gasteiger partial charge in [0.15, 0.2) is 0 Å². The standard InChI is InChI=1S/C33H54BrN3O4S/c1-9-16-35(17-10-2)28(39)24-25-29(40)36(19-14-12-13-15-20-38)27(33(25)21-23(34)26(24)42-33)30(41)37(18-11-3)32(7,8)22-31(4,5)6/h9,11,23-27,38H,1,3,10,12-22H2,2,4-8H3/t23?,24-,25+,26-,27?,33?/m1/s1. The van der Waals surface area contributed by atoms with Crippen LogP contribution in [0.15, 0.2) is 25.3 Å². The fourth-order valence-corrected chi connectivity index (χ4v) is 11.5. The molecule has 3 amide bonds. The average Bonchev–Trinajstić information content (AvgIpc) is 3.48. The fraction of sp³-hybridized carbons (Fsp3) is 0.788. The van der Waals surface area contributed by atoms with Crippen molar-refractivity contribution in [3.63, 3.8) is 0 Å². The summed E-state index contributed by atoms with van der Waals surface area (Å²) in [6.45, 7) is 22.8. The number of thioether (sulfide) groups is 1. The summed E-state index contributed by atoms with van der Waals surface area (Å²) in [6.07, 6.45) is 9.07. The molecule has 238 valence electrons. The normalized spacial score (nSPS) is 28.6. The Morgan fingerprint density at radius 3 is 2.31 bits per heavy atom. The van der Waals surface area contributed by atoms with Crippen LogP contribution in [0.1, 0.15) is 86.5 Å². The lowest BCUT2D eigenvalue weighted by Gasteiger charge is -2.46. The van der Waals surface area contributed by atoms with Gasteiger partial charge in [0.25, 0.3) is 0 Å². The maximum absolute atomic E-state index is 14.9. The number of hydrogen-bond acceptors (Lipinski definition) is 5. The van der Waals surface area contributed by atoms with E-state index >= 15 is 0 Å². The molecule has 0 saturated carbocycles. The first kappa shape index (κ1) is 35.2. The van der Waals surface area contributed by atoms with Gasteiger partial charge in [0.05, 0.1) is 16.6 Å². The lowest BCUT2D eigenvalue weighted by atomic mass is 9.70. The predicted octanol–water partition coefficient (Wildman–Crippen LogP) is 5.66. The van der Waals surface area contributed by atoms with E-state index in [1.165, 1.54) is 0 Å². The van der Waals surface area contributed by atoms with Crippen molar-refractivity contribution < 1.29 is 19.5 Å². The highest BCUT2D eigenvalue weighted by Gasteiger charge is 2.76. The van der Waals surface area contributed by atoms with E-state index in [4.69, 9.17) is 0 Å². The topological polar surface area (TPSA) is 81.2 Å². The van der Waals surface area contributed by atoms with Crippen LogP contribution in [-0.2, 0) is 14.4 Å². The Labute approximate surface area is 267 Å². The second-order valence-electron chi connectivity index (χ2n) is 14.2. The lowest BCUT2D eigenvalue weighted by Crippen LogP contribution is -2.60. The Kier molecular flexibility index (Phi) is 11.9. The van der Waals surface area contributed by atoms with Gasteiger partial charge in [-0.25, -0.2) is 0 Å². The van der Waals surface area contributed by atoms with E-state index in [0.717, 1.165) is 38.5 Å².